The van der Waals surface area contributed by atoms with Crippen LogP contribution in [0.2, 0.25) is 0 Å². The van der Waals surface area contributed by atoms with Crippen LogP contribution in [0.4, 0.5) is 42.1 Å². The Bertz CT molecular complexity index is 1300. The van der Waals surface area contributed by atoms with Gasteiger partial charge >= 0.3 is 6.18 Å². The van der Waals surface area contributed by atoms with Crippen LogP contribution in [0.1, 0.15) is 5.56 Å². The van der Waals surface area contributed by atoms with Gasteiger partial charge in [0, 0.05) is 34.9 Å². The summed E-state index contributed by atoms with van der Waals surface area (Å²) in [6.45, 7) is 0. The molecule has 0 bridgehead atoms. The van der Waals surface area contributed by atoms with E-state index in [0.29, 0.717) is 12.1 Å². The number of hydrogen-bond acceptors (Lipinski definition) is 5. The molecule has 3 aromatic rings. The quantitative estimate of drug-likeness (QED) is 0.163. The zero-order valence-corrected chi connectivity index (χ0v) is 17.0. The second kappa shape index (κ2) is 8.52. The lowest BCUT2D eigenvalue weighted by molar-refractivity contribution is -0.384. The Balaban J connectivity index is 2.52. The number of non-ortho nitro benzene ring substituents is 2. The topological polar surface area (TPSA) is 103 Å². The van der Waals surface area contributed by atoms with Crippen molar-refractivity contribution in [3.8, 4) is 0 Å². The molecule has 7 nitrogen and oxygen atoms in total. The molecule has 0 aliphatic heterocycles. The van der Waals surface area contributed by atoms with E-state index >= 15 is 0 Å². The number of alkyl halides is 3. The second-order valence-corrected chi connectivity index (χ2v) is 9.34. The fourth-order valence-corrected chi connectivity index (χ4v) is 5.94. The summed E-state index contributed by atoms with van der Waals surface area (Å²) in [6.07, 6.45) is -5.88. The Labute approximate surface area is 184 Å². The Morgan fingerprint density at radius 3 is 1.41 bits per heavy atom. The van der Waals surface area contributed by atoms with Gasteiger partial charge in [-0.25, -0.2) is 17.6 Å². The van der Waals surface area contributed by atoms with E-state index in [1.165, 1.54) is 0 Å². The Kier molecular flexibility index (Phi) is 6.22. The summed E-state index contributed by atoms with van der Waals surface area (Å²) >= 11 is 0. The summed E-state index contributed by atoms with van der Waals surface area (Å²) in [5.74, 6) is -11.2. The molecule has 0 aliphatic carbocycles. The molecule has 3 rings (SSSR count). The Morgan fingerprint density at radius 1 is 0.706 bits per heavy atom. The van der Waals surface area contributed by atoms with E-state index in [0.717, 1.165) is 36.4 Å². The van der Waals surface area contributed by atoms with Gasteiger partial charge in [-0.05, 0) is 0 Å². The van der Waals surface area contributed by atoms with Gasteiger partial charge < -0.3 is 4.57 Å². The highest BCUT2D eigenvalue weighted by atomic mass is 31.2. The van der Waals surface area contributed by atoms with Crippen molar-refractivity contribution in [3.63, 3.8) is 0 Å². The molecule has 0 atom stereocenters. The van der Waals surface area contributed by atoms with Crippen molar-refractivity contribution in [2.45, 2.75) is 6.18 Å². The molecule has 0 amide bonds. The highest BCUT2D eigenvalue weighted by Crippen LogP contribution is 2.47. The van der Waals surface area contributed by atoms with Crippen molar-refractivity contribution >= 4 is 34.4 Å². The SMILES string of the molecule is O=[N+]([O-])c1cccc(P(=O)(c2cccc([N+](=O)[O-])c2)c2c(F)c(F)c(C(F)(F)F)c(F)c2F)c1. The number of nitrogens with zero attached hydrogens (tertiary/aromatic N) is 2. The average molecular weight is 508 g/mol. The van der Waals surface area contributed by atoms with Gasteiger partial charge in [0.05, 0.1) is 15.2 Å². The number of halogens is 7. The van der Waals surface area contributed by atoms with Crippen molar-refractivity contribution < 1.29 is 45.1 Å². The lowest BCUT2D eigenvalue weighted by atomic mass is 10.1. The predicted octanol–water partition coefficient (Wildman–Crippen LogP) is 4.72. The number of benzene rings is 3. The first-order chi connectivity index (χ1) is 15.7. The lowest BCUT2D eigenvalue weighted by Gasteiger charge is -2.22. The smallest absolute Gasteiger partial charge is 0.308 e. The average Bonchev–Trinajstić information content (AvgIpc) is 2.77. The van der Waals surface area contributed by atoms with Crippen LogP contribution in [0.25, 0.3) is 0 Å². The first kappa shape index (κ1) is 24.8. The first-order valence-corrected chi connectivity index (χ1v) is 10.5. The van der Waals surface area contributed by atoms with E-state index in [4.69, 9.17) is 0 Å². The number of hydrogen-bond donors (Lipinski definition) is 0. The molecule has 3 aromatic carbocycles. The molecule has 15 heteroatoms. The highest BCUT2D eigenvalue weighted by Gasteiger charge is 2.47. The molecular weight excluding hydrogens is 500 g/mol. The predicted molar refractivity (Wildman–Crippen MR) is 104 cm³/mol. The van der Waals surface area contributed by atoms with Crippen LogP contribution in [0, 0.1) is 43.5 Å². The minimum Gasteiger partial charge on any atom is -0.308 e. The molecule has 0 radical (unpaired) electrons. The summed E-state index contributed by atoms with van der Waals surface area (Å²) in [5, 5.41) is 18.6. The summed E-state index contributed by atoms with van der Waals surface area (Å²) in [4.78, 5) is 20.2. The molecular formula is C19H8F7N2O5P. The van der Waals surface area contributed by atoms with Gasteiger partial charge in [0.2, 0.25) is 0 Å². The van der Waals surface area contributed by atoms with E-state index in [9.17, 15) is 55.5 Å². The van der Waals surface area contributed by atoms with Gasteiger partial charge in [0.25, 0.3) is 11.4 Å². The van der Waals surface area contributed by atoms with Crippen LogP contribution in [-0.2, 0) is 10.7 Å². The highest BCUT2D eigenvalue weighted by molar-refractivity contribution is 7.85. The van der Waals surface area contributed by atoms with E-state index in [-0.39, 0.29) is 0 Å². The summed E-state index contributed by atoms with van der Waals surface area (Å²) < 4.78 is 112. The molecule has 0 fully saturated rings. The van der Waals surface area contributed by atoms with Crippen molar-refractivity contribution in [1.82, 2.24) is 0 Å². The fraction of sp³-hybridized carbons (Fsp3) is 0.0526. The summed E-state index contributed by atoms with van der Waals surface area (Å²) in [6, 6.07) is 6.16. The van der Waals surface area contributed by atoms with Crippen LogP contribution < -0.4 is 15.9 Å². The van der Waals surface area contributed by atoms with Crippen molar-refractivity contribution in [1.29, 1.82) is 0 Å². The minimum atomic E-state index is -5.88. The first-order valence-electron chi connectivity index (χ1n) is 8.75. The molecule has 34 heavy (non-hydrogen) atoms. The maximum Gasteiger partial charge on any atom is 0.422 e. The van der Waals surface area contributed by atoms with Crippen LogP contribution >= 0.6 is 7.14 Å². The van der Waals surface area contributed by atoms with Crippen LogP contribution in [0.5, 0.6) is 0 Å². The van der Waals surface area contributed by atoms with Crippen LogP contribution in [0.3, 0.4) is 0 Å². The van der Waals surface area contributed by atoms with Gasteiger partial charge in [-0.1, -0.05) is 24.3 Å². The molecule has 0 unspecified atom stereocenters. The van der Waals surface area contributed by atoms with Gasteiger partial charge in [0.15, 0.2) is 30.4 Å². The molecule has 0 N–H and O–H groups in total. The van der Waals surface area contributed by atoms with E-state index in [1.807, 2.05) is 0 Å². The molecule has 0 aliphatic rings. The third kappa shape index (κ3) is 4.00. The normalized spacial score (nSPS) is 12.0. The van der Waals surface area contributed by atoms with Crippen LogP contribution in [0.15, 0.2) is 48.5 Å². The Hall–Kier alpha value is -3.80. The van der Waals surface area contributed by atoms with E-state index in [2.05, 4.69) is 0 Å². The molecule has 178 valence electrons. The summed E-state index contributed by atoms with van der Waals surface area (Å²) in [7, 11) is -5.32. The largest absolute Gasteiger partial charge is 0.422 e. The molecule has 0 aromatic heterocycles. The van der Waals surface area contributed by atoms with E-state index in [1.54, 1.807) is 0 Å². The zero-order chi connectivity index (χ0) is 25.6. The van der Waals surface area contributed by atoms with Gasteiger partial charge in [0.1, 0.15) is 5.56 Å². The second-order valence-electron chi connectivity index (χ2n) is 6.64. The third-order valence-corrected chi connectivity index (χ3v) is 7.68. The standard InChI is InChI=1S/C19H8F7N2O5P/c20-14-13(19(24,25)26)15(21)17(23)18(16(14)22)34(33,11-5-1-3-9(7-11)27(29)30)12-6-2-4-10(8-12)28(31)32/h1-8H. The zero-order valence-electron chi connectivity index (χ0n) is 16.1. The number of rotatable bonds is 5. The Morgan fingerprint density at radius 2 is 1.09 bits per heavy atom. The monoisotopic (exact) mass is 508 g/mol. The maximum atomic E-state index is 14.9. The molecule has 0 saturated heterocycles. The van der Waals surface area contributed by atoms with Gasteiger partial charge in [-0.2, -0.15) is 13.2 Å². The number of nitro groups is 2. The molecule has 0 heterocycles. The van der Waals surface area contributed by atoms with E-state index < -0.39 is 79.3 Å². The maximum absolute atomic E-state index is 14.9. The van der Waals surface area contributed by atoms with Crippen molar-refractivity contribution in [2.24, 2.45) is 0 Å². The minimum absolute atomic E-state index is 0.520. The van der Waals surface area contributed by atoms with Gasteiger partial charge in [-0.3, -0.25) is 20.2 Å². The van der Waals surface area contributed by atoms with Crippen molar-refractivity contribution in [2.75, 3.05) is 0 Å². The summed E-state index contributed by atoms with van der Waals surface area (Å²) in [5.41, 5.74) is -4.51. The lowest BCUT2D eigenvalue weighted by Crippen LogP contribution is -2.33. The van der Waals surface area contributed by atoms with Crippen molar-refractivity contribution in [3.05, 3.63) is 97.6 Å². The van der Waals surface area contributed by atoms with Gasteiger partial charge in [-0.15, -0.1) is 0 Å². The molecule has 0 saturated carbocycles. The molecule has 0 spiro atoms. The third-order valence-electron chi connectivity index (χ3n) is 4.65. The fourth-order valence-electron chi connectivity index (χ4n) is 3.16. The van der Waals surface area contributed by atoms with Crippen LogP contribution in [-0.4, -0.2) is 9.85 Å². The number of nitro benzene ring substituents is 2.